The molecule has 22 heavy (non-hydrogen) atoms. The highest BCUT2D eigenvalue weighted by atomic mass is 19.1. The molecule has 0 aliphatic carbocycles. The van der Waals surface area contributed by atoms with Gasteiger partial charge in [0.1, 0.15) is 17.1 Å². The Morgan fingerprint density at radius 3 is 2.45 bits per heavy atom. The molecule has 1 aliphatic heterocycles. The number of aliphatic hydroxyl groups is 1. The van der Waals surface area contributed by atoms with Gasteiger partial charge in [-0.05, 0) is 38.1 Å². The number of hydrogen-bond acceptors (Lipinski definition) is 4. The summed E-state index contributed by atoms with van der Waals surface area (Å²) in [5.41, 5.74) is -0.108. The normalized spacial score (nSPS) is 17.0. The maximum atomic E-state index is 13.0. The molecule has 1 aromatic heterocycles. The fraction of sp³-hybridized carbons (Fsp3) is 0.267. The van der Waals surface area contributed by atoms with Crippen molar-refractivity contribution >= 4 is 11.5 Å². The van der Waals surface area contributed by atoms with Gasteiger partial charge in [0, 0.05) is 12.6 Å². The Morgan fingerprint density at radius 2 is 1.91 bits per heavy atom. The summed E-state index contributed by atoms with van der Waals surface area (Å²) in [6.45, 7) is 3.40. The lowest BCUT2D eigenvalue weighted by molar-refractivity contribution is -0.116. The Bertz CT molecular complexity index is 790. The van der Waals surface area contributed by atoms with Crippen molar-refractivity contribution in [2.75, 3.05) is 0 Å². The third kappa shape index (κ3) is 2.14. The smallest absolute Gasteiger partial charge is 0.259 e. The molecule has 0 fully saturated rings. The van der Waals surface area contributed by atoms with Crippen LogP contribution in [0.15, 0.2) is 30.0 Å². The van der Waals surface area contributed by atoms with Gasteiger partial charge in [-0.25, -0.2) is 14.1 Å². The first-order valence-electron chi connectivity index (χ1n) is 6.73. The number of halogens is 1. The van der Waals surface area contributed by atoms with E-state index in [1.165, 1.54) is 16.8 Å². The summed E-state index contributed by atoms with van der Waals surface area (Å²) in [5, 5.41) is 17.2. The third-order valence-corrected chi connectivity index (χ3v) is 3.57. The van der Waals surface area contributed by atoms with Crippen molar-refractivity contribution in [1.29, 1.82) is 0 Å². The number of aromatic nitrogens is 3. The van der Waals surface area contributed by atoms with Crippen molar-refractivity contribution in [3.8, 4) is 11.4 Å². The van der Waals surface area contributed by atoms with E-state index < -0.39 is 11.4 Å². The Hall–Kier alpha value is -2.70. The summed E-state index contributed by atoms with van der Waals surface area (Å²) < 4.78 is 14.4. The minimum Gasteiger partial charge on any atom is -0.509 e. The molecule has 3 rings (SSSR count). The molecule has 1 aliphatic rings. The highest BCUT2D eigenvalue weighted by Gasteiger charge is 2.40. The highest BCUT2D eigenvalue weighted by Crippen LogP contribution is 2.31. The predicted molar refractivity (Wildman–Crippen MR) is 78.2 cm³/mol. The quantitative estimate of drug-likeness (QED) is 0.886. The standard InChI is InChI=1S/C15H15FN4O2/c1-15(2)11(21)10(14(22)18-15)13-17-12(19-20(13)3)8-4-6-9(16)7-5-8/h4-7,21H,1-3H3,(H,18,22). The second kappa shape index (κ2) is 4.66. The maximum absolute atomic E-state index is 13.0. The first kappa shape index (κ1) is 14.2. The third-order valence-electron chi connectivity index (χ3n) is 3.57. The zero-order valence-electron chi connectivity index (χ0n) is 12.4. The zero-order valence-corrected chi connectivity index (χ0v) is 12.4. The van der Waals surface area contributed by atoms with Crippen molar-refractivity contribution in [3.05, 3.63) is 41.7 Å². The van der Waals surface area contributed by atoms with Gasteiger partial charge >= 0.3 is 0 Å². The van der Waals surface area contributed by atoms with E-state index >= 15 is 0 Å². The van der Waals surface area contributed by atoms with Crippen LogP contribution in [-0.2, 0) is 11.8 Å². The SMILES string of the molecule is Cn1nc(-c2ccc(F)cc2)nc1C1=C(O)C(C)(C)NC1=O. The molecule has 7 heteroatoms. The fourth-order valence-corrected chi connectivity index (χ4v) is 2.36. The van der Waals surface area contributed by atoms with Gasteiger partial charge in [0.15, 0.2) is 11.6 Å². The van der Waals surface area contributed by atoms with Gasteiger partial charge in [0.05, 0.1) is 5.54 Å². The summed E-state index contributed by atoms with van der Waals surface area (Å²) in [6, 6.07) is 5.74. The van der Waals surface area contributed by atoms with Gasteiger partial charge in [0.2, 0.25) is 0 Å². The number of carbonyl (C=O) groups is 1. The van der Waals surface area contributed by atoms with E-state index in [2.05, 4.69) is 15.4 Å². The molecule has 0 saturated heterocycles. The number of carbonyl (C=O) groups excluding carboxylic acids is 1. The number of amides is 1. The lowest BCUT2D eigenvalue weighted by Crippen LogP contribution is -2.38. The number of aryl methyl sites for hydroxylation is 1. The molecule has 0 spiro atoms. The summed E-state index contributed by atoms with van der Waals surface area (Å²) in [5.74, 6) is -0.199. The number of rotatable bonds is 2. The van der Waals surface area contributed by atoms with Crippen LogP contribution in [0.5, 0.6) is 0 Å². The molecule has 0 bridgehead atoms. The van der Waals surface area contributed by atoms with E-state index in [9.17, 15) is 14.3 Å². The molecule has 6 nitrogen and oxygen atoms in total. The van der Waals surface area contributed by atoms with Crippen LogP contribution in [0.2, 0.25) is 0 Å². The van der Waals surface area contributed by atoms with Crippen molar-refractivity contribution in [3.63, 3.8) is 0 Å². The van der Waals surface area contributed by atoms with Crippen molar-refractivity contribution in [2.24, 2.45) is 7.05 Å². The van der Waals surface area contributed by atoms with E-state index in [1.54, 1.807) is 33.0 Å². The Kier molecular flexibility index (Phi) is 3.01. The van der Waals surface area contributed by atoms with Gasteiger partial charge in [-0.2, -0.15) is 5.10 Å². The van der Waals surface area contributed by atoms with Gasteiger partial charge in [-0.1, -0.05) is 0 Å². The first-order valence-corrected chi connectivity index (χ1v) is 6.73. The van der Waals surface area contributed by atoms with Gasteiger partial charge in [-0.3, -0.25) is 4.79 Å². The second-order valence-electron chi connectivity index (χ2n) is 5.69. The highest BCUT2D eigenvalue weighted by molar-refractivity contribution is 6.22. The van der Waals surface area contributed by atoms with E-state index in [0.29, 0.717) is 11.4 Å². The molecule has 1 amide bonds. The molecule has 114 valence electrons. The molecule has 2 aromatic rings. The average molecular weight is 302 g/mol. The Labute approximate surface area is 126 Å². The largest absolute Gasteiger partial charge is 0.509 e. The van der Waals surface area contributed by atoms with Crippen LogP contribution < -0.4 is 5.32 Å². The van der Waals surface area contributed by atoms with Crippen molar-refractivity contribution < 1.29 is 14.3 Å². The summed E-state index contributed by atoms with van der Waals surface area (Å²) in [7, 11) is 1.63. The number of nitrogens with zero attached hydrogens (tertiary/aromatic N) is 3. The topological polar surface area (TPSA) is 80.0 Å². The summed E-state index contributed by atoms with van der Waals surface area (Å²) in [4.78, 5) is 16.4. The lowest BCUT2D eigenvalue weighted by atomic mass is 10.0. The summed E-state index contributed by atoms with van der Waals surface area (Å²) in [6.07, 6.45) is 0. The Morgan fingerprint density at radius 1 is 1.27 bits per heavy atom. The zero-order chi connectivity index (χ0) is 16.1. The van der Waals surface area contributed by atoms with Crippen LogP contribution in [0.25, 0.3) is 17.0 Å². The van der Waals surface area contributed by atoms with Gasteiger partial charge < -0.3 is 10.4 Å². The second-order valence-corrected chi connectivity index (χ2v) is 5.69. The molecule has 0 atom stereocenters. The maximum Gasteiger partial charge on any atom is 0.259 e. The molecule has 1 aromatic carbocycles. The minimum absolute atomic E-state index is 0.0707. The molecule has 0 saturated carbocycles. The fourth-order valence-electron chi connectivity index (χ4n) is 2.36. The first-order chi connectivity index (χ1) is 10.3. The van der Waals surface area contributed by atoms with Gasteiger partial charge in [-0.15, -0.1) is 0 Å². The van der Waals surface area contributed by atoms with Crippen LogP contribution in [0.1, 0.15) is 19.7 Å². The van der Waals surface area contributed by atoms with E-state index in [1.807, 2.05) is 0 Å². The van der Waals surface area contributed by atoms with E-state index in [4.69, 9.17) is 0 Å². The van der Waals surface area contributed by atoms with E-state index in [0.717, 1.165) is 0 Å². The van der Waals surface area contributed by atoms with Crippen LogP contribution in [-0.4, -0.2) is 31.3 Å². The van der Waals surface area contributed by atoms with Crippen LogP contribution in [0, 0.1) is 5.82 Å². The predicted octanol–water partition coefficient (Wildman–Crippen LogP) is 1.80. The van der Waals surface area contributed by atoms with Crippen LogP contribution in [0.4, 0.5) is 4.39 Å². The molecular formula is C15H15FN4O2. The number of benzene rings is 1. The monoisotopic (exact) mass is 302 g/mol. The molecular weight excluding hydrogens is 287 g/mol. The summed E-state index contributed by atoms with van der Waals surface area (Å²) >= 11 is 0. The van der Waals surface area contributed by atoms with Crippen molar-refractivity contribution in [2.45, 2.75) is 19.4 Å². The van der Waals surface area contributed by atoms with Crippen LogP contribution >= 0.6 is 0 Å². The lowest BCUT2D eigenvalue weighted by Gasteiger charge is -2.17. The van der Waals surface area contributed by atoms with Gasteiger partial charge in [0.25, 0.3) is 5.91 Å². The molecule has 0 radical (unpaired) electrons. The van der Waals surface area contributed by atoms with E-state index in [-0.39, 0.29) is 23.0 Å². The van der Waals surface area contributed by atoms with Crippen LogP contribution in [0.3, 0.4) is 0 Å². The molecule has 2 N–H and O–H groups in total. The average Bonchev–Trinajstić information content (AvgIpc) is 2.89. The molecule has 0 unspecified atom stereocenters. The Balaban J connectivity index is 2.09. The number of aliphatic hydroxyl groups excluding tert-OH is 1. The number of hydrogen-bond donors (Lipinski definition) is 2. The minimum atomic E-state index is -0.839. The molecule has 2 heterocycles. The van der Waals surface area contributed by atoms with Crippen molar-refractivity contribution in [1.82, 2.24) is 20.1 Å². The number of nitrogens with one attached hydrogen (secondary N) is 1.